The van der Waals surface area contributed by atoms with E-state index in [4.69, 9.17) is 26.8 Å². The van der Waals surface area contributed by atoms with Crippen molar-refractivity contribution in [3.05, 3.63) is 93.4 Å². The second-order valence-corrected chi connectivity index (χ2v) is 13.4. The van der Waals surface area contributed by atoms with E-state index >= 15 is 0 Å². The summed E-state index contributed by atoms with van der Waals surface area (Å²) in [5.41, 5.74) is -2.49. The molecule has 2 fully saturated rings. The molecular formula is C35H31F6N3O6S2. The number of carbonyl (C=O) groups excluding carboxylic acids is 2. The van der Waals surface area contributed by atoms with Crippen molar-refractivity contribution in [3.63, 3.8) is 0 Å². The molecule has 3 aromatic rings. The zero-order chi connectivity index (χ0) is 37.6. The van der Waals surface area contributed by atoms with Crippen LogP contribution < -0.4 is 10.1 Å². The Morgan fingerprint density at radius 2 is 1.65 bits per heavy atom. The summed E-state index contributed by atoms with van der Waals surface area (Å²) < 4.78 is 94.0. The highest BCUT2D eigenvalue weighted by Crippen LogP contribution is 2.42. The SMILES string of the molecule is O=C(CCN1C(=O)/C(=C/c2ccc(OCCN3CCOCC3)c(-c3cc(C(F)(F)F)cc(C(F)(F)F)c3)c2)SC1=S)NCc1cccc(C(=O)O)c1. The van der Waals surface area contributed by atoms with Gasteiger partial charge in [-0.25, -0.2) is 4.79 Å². The highest BCUT2D eigenvalue weighted by Gasteiger charge is 2.37. The number of hydrogen-bond donors (Lipinski definition) is 2. The van der Waals surface area contributed by atoms with Gasteiger partial charge in [-0.3, -0.25) is 19.4 Å². The molecule has 0 aliphatic carbocycles. The number of nitrogens with one attached hydrogen (secondary N) is 1. The standard InChI is InChI=1S/C35H31F6N3O6S2/c36-34(37,38)25-17-24(18-26(19-25)35(39,40)41)27-15-21(4-5-28(27)50-13-10-43-8-11-49-12-9-43)16-29-31(46)44(33(51)52-29)7-6-30(45)42-20-22-2-1-3-23(14-22)32(47)48/h1-5,14-19H,6-13,20H2,(H,42,45)(H,47,48)/b29-16-. The van der Waals surface area contributed by atoms with Crippen molar-refractivity contribution < 1.29 is 55.3 Å². The van der Waals surface area contributed by atoms with E-state index < -0.39 is 41.3 Å². The number of thioether (sulfide) groups is 1. The van der Waals surface area contributed by atoms with E-state index in [1.54, 1.807) is 12.1 Å². The molecule has 3 aromatic carbocycles. The lowest BCUT2D eigenvalue weighted by atomic mass is 9.96. The van der Waals surface area contributed by atoms with Crippen LogP contribution >= 0.6 is 24.0 Å². The number of rotatable bonds is 12. The van der Waals surface area contributed by atoms with E-state index in [2.05, 4.69) is 10.2 Å². The minimum Gasteiger partial charge on any atom is -0.492 e. The average Bonchev–Trinajstić information content (AvgIpc) is 3.37. The third-order valence-electron chi connectivity index (χ3n) is 8.07. The molecule has 17 heteroatoms. The molecule has 0 unspecified atom stereocenters. The number of hydrogen-bond acceptors (Lipinski definition) is 8. The third-order valence-corrected chi connectivity index (χ3v) is 9.45. The maximum absolute atomic E-state index is 13.8. The number of amides is 2. The molecule has 2 aliphatic rings. The molecule has 276 valence electrons. The van der Waals surface area contributed by atoms with E-state index in [-0.39, 0.29) is 69.4 Å². The number of ether oxygens (including phenoxy) is 2. The van der Waals surface area contributed by atoms with Gasteiger partial charge in [0.15, 0.2) is 0 Å². The number of thiocarbonyl (C=S) groups is 1. The summed E-state index contributed by atoms with van der Waals surface area (Å²) in [7, 11) is 0. The van der Waals surface area contributed by atoms with Crippen molar-refractivity contribution in [2.24, 2.45) is 0 Å². The first-order valence-electron chi connectivity index (χ1n) is 15.8. The first kappa shape index (κ1) is 38.8. The predicted molar refractivity (Wildman–Crippen MR) is 184 cm³/mol. The van der Waals surface area contributed by atoms with E-state index in [0.717, 1.165) is 11.8 Å². The molecule has 52 heavy (non-hydrogen) atoms. The van der Waals surface area contributed by atoms with Crippen molar-refractivity contribution in [3.8, 4) is 16.9 Å². The fourth-order valence-corrected chi connectivity index (χ4v) is 6.68. The molecule has 0 saturated carbocycles. The van der Waals surface area contributed by atoms with Crippen LogP contribution in [0, 0.1) is 0 Å². The van der Waals surface area contributed by atoms with Crippen molar-refractivity contribution >= 4 is 52.2 Å². The van der Waals surface area contributed by atoms with E-state index in [1.807, 2.05) is 0 Å². The molecule has 0 spiro atoms. The lowest BCUT2D eigenvalue weighted by Crippen LogP contribution is -2.38. The molecule has 0 atom stereocenters. The summed E-state index contributed by atoms with van der Waals surface area (Å²) in [6.07, 6.45) is -8.85. The van der Waals surface area contributed by atoms with Crippen LogP contribution in [0.3, 0.4) is 0 Å². The van der Waals surface area contributed by atoms with E-state index in [0.29, 0.717) is 50.5 Å². The zero-order valence-electron chi connectivity index (χ0n) is 27.2. The number of carboxylic acid groups (broad SMARTS) is 1. The molecule has 0 aromatic heterocycles. The molecule has 2 saturated heterocycles. The molecule has 0 bridgehead atoms. The highest BCUT2D eigenvalue weighted by molar-refractivity contribution is 8.26. The predicted octanol–water partition coefficient (Wildman–Crippen LogP) is 6.71. The number of nitrogens with zero attached hydrogens (tertiary/aromatic N) is 2. The minimum absolute atomic E-state index is 0.0473. The lowest BCUT2D eigenvalue weighted by Gasteiger charge is -2.26. The van der Waals surface area contributed by atoms with Gasteiger partial charge in [0.25, 0.3) is 5.91 Å². The Morgan fingerprint density at radius 1 is 0.962 bits per heavy atom. The molecule has 2 heterocycles. The van der Waals surface area contributed by atoms with Crippen LogP contribution in [0.4, 0.5) is 26.3 Å². The van der Waals surface area contributed by atoms with Gasteiger partial charge in [-0.2, -0.15) is 26.3 Å². The first-order valence-corrected chi connectivity index (χ1v) is 17.0. The van der Waals surface area contributed by atoms with Gasteiger partial charge in [-0.1, -0.05) is 42.2 Å². The maximum Gasteiger partial charge on any atom is 0.416 e. The summed E-state index contributed by atoms with van der Waals surface area (Å²) in [6.45, 7) is 2.85. The fourth-order valence-electron chi connectivity index (χ4n) is 5.37. The Hall–Kier alpha value is -4.45. The Labute approximate surface area is 303 Å². The molecule has 9 nitrogen and oxygen atoms in total. The second kappa shape index (κ2) is 16.5. The summed E-state index contributed by atoms with van der Waals surface area (Å²) >= 11 is 6.29. The van der Waals surface area contributed by atoms with Crippen LogP contribution in [0.2, 0.25) is 0 Å². The number of halogens is 6. The van der Waals surface area contributed by atoms with Crippen LogP contribution in [-0.4, -0.2) is 83.0 Å². The Morgan fingerprint density at radius 3 is 2.31 bits per heavy atom. The topological polar surface area (TPSA) is 108 Å². The molecule has 2 amide bonds. The van der Waals surface area contributed by atoms with Crippen LogP contribution in [0.15, 0.2) is 65.6 Å². The van der Waals surface area contributed by atoms with Gasteiger partial charge in [0.2, 0.25) is 5.91 Å². The lowest BCUT2D eigenvalue weighted by molar-refractivity contribution is -0.143. The van der Waals surface area contributed by atoms with Gasteiger partial charge in [0, 0.05) is 44.7 Å². The Kier molecular flexibility index (Phi) is 12.3. The summed E-state index contributed by atoms with van der Waals surface area (Å²) in [5, 5.41) is 11.8. The molecule has 0 radical (unpaired) electrons. The second-order valence-electron chi connectivity index (χ2n) is 11.7. The number of carboxylic acids is 1. The van der Waals surface area contributed by atoms with Crippen LogP contribution in [0.25, 0.3) is 17.2 Å². The van der Waals surface area contributed by atoms with Gasteiger partial charge in [-0.05, 0) is 65.2 Å². The molecule has 5 rings (SSSR count). The average molecular weight is 768 g/mol. The van der Waals surface area contributed by atoms with Gasteiger partial charge in [0.1, 0.15) is 16.7 Å². The summed E-state index contributed by atoms with van der Waals surface area (Å²) in [5.74, 6) is -2.03. The summed E-state index contributed by atoms with van der Waals surface area (Å²) in [6, 6.07) is 11.6. The van der Waals surface area contributed by atoms with Gasteiger partial charge >= 0.3 is 18.3 Å². The van der Waals surface area contributed by atoms with Crippen LogP contribution in [0.1, 0.15) is 39.0 Å². The smallest absolute Gasteiger partial charge is 0.416 e. The highest BCUT2D eigenvalue weighted by atomic mass is 32.2. The van der Waals surface area contributed by atoms with Crippen LogP contribution in [0.5, 0.6) is 5.75 Å². The normalized spacial score (nSPS) is 16.4. The largest absolute Gasteiger partial charge is 0.492 e. The molecule has 2 aliphatic heterocycles. The van der Waals surface area contributed by atoms with Gasteiger partial charge in [-0.15, -0.1) is 0 Å². The van der Waals surface area contributed by atoms with Crippen molar-refractivity contribution in [1.29, 1.82) is 0 Å². The monoisotopic (exact) mass is 767 g/mol. The number of carbonyl (C=O) groups is 3. The number of aromatic carboxylic acids is 1. The van der Waals surface area contributed by atoms with Crippen molar-refractivity contribution in [2.75, 3.05) is 46.0 Å². The van der Waals surface area contributed by atoms with E-state index in [1.165, 1.54) is 41.3 Å². The van der Waals surface area contributed by atoms with Gasteiger partial charge in [0.05, 0.1) is 34.8 Å². The Bertz CT molecular complexity index is 1850. The zero-order valence-corrected chi connectivity index (χ0v) is 28.8. The Balaban J connectivity index is 1.35. The fraction of sp³-hybridized carbons (Fsp3) is 0.314. The molecule has 2 N–H and O–H groups in total. The molecular weight excluding hydrogens is 737 g/mol. The minimum atomic E-state index is -5.07. The third kappa shape index (κ3) is 10.1. The number of alkyl halides is 6. The number of benzene rings is 3. The maximum atomic E-state index is 13.8. The van der Waals surface area contributed by atoms with Crippen LogP contribution in [-0.2, 0) is 33.2 Å². The quantitative estimate of drug-likeness (QED) is 0.118. The first-order chi connectivity index (χ1) is 24.6. The van der Waals surface area contributed by atoms with Crippen molar-refractivity contribution in [2.45, 2.75) is 25.3 Å². The van der Waals surface area contributed by atoms with Crippen molar-refractivity contribution in [1.82, 2.24) is 15.1 Å². The van der Waals surface area contributed by atoms with E-state index in [9.17, 15) is 40.7 Å². The summed E-state index contributed by atoms with van der Waals surface area (Å²) in [4.78, 5) is 40.4. The van der Waals surface area contributed by atoms with Gasteiger partial charge < -0.3 is 19.9 Å². The number of morpholine rings is 1.